The molecule has 5 heteroatoms. The second-order valence-electron chi connectivity index (χ2n) is 3.81. The lowest BCUT2D eigenvalue weighted by molar-refractivity contribution is 0.647. The smallest absolute Gasteiger partial charge is 0.101 e. The van der Waals surface area contributed by atoms with E-state index >= 15 is 0 Å². The highest BCUT2D eigenvalue weighted by Crippen LogP contribution is 2.22. The number of hydrogen-bond acceptors (Lipinski definition) is 2. The van der Waals surface area contributed by atoms with Crippen LogP contribution in [0.25, 0.3) is 0 Å². The van der Waals surface area contributed by atoms with Gasteiger partial charge in [-0.2, -0.15) is 0 Å². The van der Waals surface area contributed by atoms with Crippen molar-refractivity contribution in [2.75, 3.05) is 0 Å². The molecule has 0 spiro atoms. The van der Waals surface area contributed by atoms with Gasteiger partial charge in [-0.05, 0) is 18.1 Å². The van der Waals surface area contributed by atoms with Crippen LogP contribution in [0.3, 0.4) is 0 Å². The molecule has 0 saturated carbocycles. The molecule has 1 unspecified atom stereocenters. The molecule has 0 fully saturated rings. The molecule has 2 rings (SSSR count). The number of alkyl halides is 1. The van der Waals surface area contributed by atoms with Gasteiger partial charge in [0.25, 0.3) is 0 Å². The third kappa shape index (κ3) is 3.07. The highest BCUT2D eigenvalue weighted by Gasteiger charge is 2.10. The van der Waals surface area contributed by atoms with Gasteiger partial charge in [0.2, 0.25) is 0 Å². The van der Waals surface area contributed by atoms with E-state index < -0.39 is 0 Å². The van der Waals surface area contributed by atoms with Gasteiger partial charge in [0.05, 0.1) is 18.1 Å². The molecule has 2 aromatic rings. The van der Waals surface area contributed by atoms with E-state index in [0.29, 0.717) is 6.54 Å². The van der Waals surface area contributed by atoms with Crippen molar-refractivity contribution in [2.24, 2.45) is 0 Å². The SMILES string of the molecule is CCC(Cl)c1cn(Cc2ccccc2Br)nn1. The standard InChI is InChI=1S/C12H13BrClN3/c1-2-11(14)12-8-17(16-15-12)7-9-5-3-4-6-10(9)13/h3-6,8,11H,2,7H2,1H3. The lowest BCUT2D eigenvalue weighted by Gasteiger charge is -2.03. The van der Waals surface area contributed by atoms with Crippen LogP contribution in [0.2, 0.25) is 0 Å². The zero-order valence-electron chi connectivity index (χ0n) is 9.48. The van der Waals surface area contributed by atoms with Gasteiger partial charge in [-0.25, -0.2) is 4.68 Å². The first-order chi connectivity index (χ1) is 8.20. The fourth-order valence-electron chi connectivity index (χ4n) is 1.54. The summed E-state index contributed by atoms with van der Waals surface area (Å²) in [6.07, 6.45) is 2.76. The number of halogens is 2. The average molecular weight is 315 g/mol. The second-order valence-corrected chi connectivity index (χ2v) is 5.19. The minimum Gasteiger partial charge on any atom is -0.248 e. The summed E-state index contributed by atoms with van der Waals surface area (Å²) in [4.78, 5) is 0. The molecule has 0 N–H and O–H groups in total. The maximum absolute atomic E-state index is 6.11. The fraction of sp³-hybridized carbons (Fsp3) is 0.333. The summed E-state index contributed by atoms with van der Waals surface area (Å²) in [5.41, 5.74) is 2.01. The maximum atomic E-state index is 6.11. The minimum absolute atomic E-state index is 0.0528. The van der Waals surface area contributed by atoms with Gasteiger partial charge in [-0.1, -0.05) is 46.3 Å². The van der Waals surface area contributed by atoms with Crippen molar-refractivity contribution in [3.63, 3.8) is 0 Å². The molecule has 0 aliphatic carbocycles. The molecule has 1 heterocycles. The Kier molecular flexibility index (Phi) is 4.18. The van der Waals surface area contributed by atoms with Crippen molar-refractivity contribution < 1.29 is 0 Å². The Morgan fingerprint density at radius 3 is 2.88 bits per heavy atom. The molecule has 0 radical (unpaired) electrons. The van der Waals surface area contributed by atoms with Crippen LogP contribution in [-0.2, 0) is 6.54 Å². The van der Waals surface area contributed by atoms with E-state index in [-0.39, 0.29) is 5.38 Å². The van der Waals surface area contributed by atoms with Gasteiger partial charge < -0.3 is 0 Å². The van der Waals surface area contributed by atoms with Crippen LogP contribution in [0.5, 0.6) is 0 Å². The Balaban J connectivity index is 2.14. The highest BCUT2D eigenvalue weighted by atomic mass is 79.9. The molecule has 0 amide bonds. The summed E-state index contributed by atoms with van der Waals surface area (Å²) in [7, 11) is 0. The van der Waals surface area contributed by atoms with Gasteiger partial charge >= 0.3 is 0 Å². The summed E-state index contributed by atoms with van der Waals surface area (Å²) in [5.74, 6) is 0. The number of hydrogen-bond donors (Lipinski definition) is 0. The third-order valence-corrected chi connectivity index (χ3v) is 3.83. The maximum Gasteiger partial charge on any atom is 0.101 e. The van der Waals surface area contributed by atoms with Crippen LogP contribution >= 0.6 is 27.5 Å². The van der Waals surface area contributed by atoms with Crippen LogP contribution in [0.4, 0.5) is 0 Å². The number of nitrogens with zero attached hydrogens (tertiary/aromatic N) is 3. The Morgan fingerprint density at radius 1 is 1.41 bits per heavy atom. The first-order valence-electron chi connectivity index (χ1n) is 5.48. The van der Waals surface area contributed by atoms with Gasteiger partial charge in [-0.15, -0.1) is 16.7 Å². The van der Waals surface area contributed by atoms with E-state index in [9.17, 15) is 0 Å². The van der Waals surface area contributed by atoms with Crippen molar-refractivity contribution >= 4 is 27.5 Å². The van der Waals surface area contributed by atoms with Gasteiger partial charge in [0, 0.05) is 4.47 Å². The van der Waals surface area contributed by atoms with Crippen molar-refractivity contribution in [3.8, 4) is 0 Å². The van der Waals surface area contributed by atoms with E-state index in [2.05, 4.69) is 32.3 Å². The number of aromatic nitrogens is 3. The van der Waals surface area contributed by atoms with Crippen molar-refractivity contribution in [1.29, 1.82) is 0 Å². The molecule has 0 bridgehead atoms. The second kappa shape index (κ2) is 5.65. The van der Waals surface area contributed by atoms with Crippen LogP contribution in [0.1, 0.15) is 30.0 Å². The average Bonchev–Trinajstić information content (AvgIpc) is 2.80. The summed E-state index contributed by atoms with van der Waals surface area (Å²) < 4.78 is 2.88. The number of rotatable bonds is 4. The van der Waals surface area contributed by atoms with Crippen molar-refractivity contribution in [2.45, 2.75) is 25.3 Å². The fourth-order valence-corrected chi connectivity index (χ4v) is 2.05. The molecule has 17 heavy (non-hydrogen) atoms. The normalized spacial score (nSPS) is 12.6. The quantitative estimate of drug-likeness (QED) is 0.804. The Morgan fingerprint density at radius 2 is 2.18 bits per heavy atom. The molecular formula is C12H13BrClN3. The first kappa shape index (κ1) is 12.6. The van der Waals surface area contributed by atoms with E-state index in [1.807, 2.05) is 31.3 Å². The topological polar surface area (TPSA) is 30.7 Å². The van der Waals surface area contributed by atoms with E-state index in [4.69, 9.17) is 11.6 Å². The Hall–Kier alpha value is -0.870. The van der Waals surface area contributed by atoms with E-state index in [0.717, 1.165) is 16.6 Å². The van der Waals surface area contributed by atoms with Crippen molar-refractivity contribution in [1.82, 2.24) is 15.0 Å². The summed E-state index contributed by atoms with van der Waals surface area (Å²) in [6.45, 7) is 2.73. The molecule has 1 aromatic carbocycles. The zero-order chi connectivity index (χ0) is 12.3. The molecule has 90 valence electrons. The molecule has 0 saturated heterocycles. The predicted octanol–water partition coefficient (Wildman–Crippen LogP) is 3.78. The zero-order valence-corrected chi connectivity index (χ0v) is 11.8. The van der Waals surface area contributed by atoms with Gasteiger partial charge in [-0.3, -0.25) is 0 Å². The lowest BCUT2D eigenvalue weighted by atomic mass is 10.2. The highest BCUT2D eigenvalue weighted by molar-refractivity contribution is 9.10. The molecular weight excluding hydrogens is 302 g/mol. The summed E-state index contributed by atoms with van der Waals surface area (Å²) in [5, 5.41) is 8.11. The summed E-state index contributed by atoms with van der Waals surface area (Å²) in [6, 6.07) is 8.08. The van der Waals surface area contributed by atoms with Crippen molar-refractivity contribution in [3.05, 3.63) is 46.2 Å². The van der Waals surface area contributed by atoms with Crippen LogP contribution in [0.15, 0.2) is 34.9 Å². The van der Waals surface area contributed by atoms with E-state index in [1.165, 1.54) is 5.56 Å². The van der Waals surface area contributed by atoms with Crippen LogP contribution in [0, 0.1) is 0 Å². The predicted molar refractivity (Wildman–Crippen MR) is 72.2 cm³/mol. The van der Waals surface area contributed by atoms with E-state index in [1.54, 1.807) is 4.68 Å². The molecule has 0 aliphatic rings. The monoisotopic (exact) mass is 313 g/mol. The summed E-state index contributed by atoms with van der Waals surface area (Å²) >= 11 is 9.63. The van der Waals surface area contributed by atoms with Gasteiger partial charge in [0.1, 0.15) is 5.69 Å². The third-order valence-electron chi connectivity index (χ3n) is 2.53. The van der Waals surface area contributed by atoms with Crippen LogP contribution < -0.4 is 0 Å². The largest absolute Gasteiger partial charge is 0.248 e. The molecule has 3 nitrogen and oxygen atoms in total. The Labute approximate surface area is 114 Å². The van der Waals surface area contributed by atoms with Crippen LogP contribution in [-0.4, -0.2) is 15.0 Å². The minimum atomic E-state index is -0.0528. The molecule has 0 aliphatic heterocycles. The number of benzene rings is 1. The molecule has 1 atom stereocenters. The first-order valence-corrected chi connectivity index (χ1v) is 6.71. The van der Waals surface area contributed by atoms with Gasteiger partial charge in [0.15, 0.2) is 0 Å². The molecule has 1 aromatic heterocycles. The lowest BCUT2D eigenvalue weighted by Crippen LogP contribution is -2.00. The Bertz CT molecular complexity index is 498.